The number of rotatable bonds is 5. The Morgan fingerprint density at radius 3 is 2.88 bits per heavy atom. The molecule has 93 valence electrons. The van der Waals surface area contributed by atoms with Gasteiger partial charge in [-0.2, -0.15) is 0 Å². The second-order valence-corrected chi connectivity index (χ2v) is 6.24. The average Bonchev–Trinajstić information content (AvgIpc) is 2.78. The van der Waals surface area contributed by atoms with Gasteiger partial charge in [0, 0.05) is 0 Å². The normalized spacial score (nSPS) is 10.6. The van der Waals surface area contributed by atoms with Crippen LogP contribution in [0.3, 0.4) is 0 Å². The van der Waals surface area contributed by atoms with Crippen molar-refractivity contribution in [2.45, 2.75) is 9.80 Å². The second kappa shape index (κ2) is 5.97. The molecule has 2 rings (SSSR count). The van der Waals surface area contributed by atoms with Gasteiger partial charge in [-0.25, -0.2) is 0 Å². The number of aliphatic carboxylic acids is 1. The molecule has 0 saturated heterocycles. The Kier molecular flexibility index (Phi) is 4.32. The molecule has 0 bridgehead atoms. The molecule has 0 spiro atoms. The van der Waals surface area contributed by atoms with Crippen molar-refractivity contribution in [3.8, 4) is 5.69 Å². The quantitative estimate of drug-likeness (QED) is 0.823. The van der Waals surface area contributed by atoms with Gasteiger partial charge in [0.05, 0.1) is 0 Å². The van der Waals surface area contributed by atoms with Gasteiger partial charge in [0.2, 0.25) is 0 Å². The van der Waals surface area contributed by atoms with Gasteiger partial charge in [0.15, 0.2) is 0 Å². The van der Waals surface area contributed by atoms with Crippen LogP contribution < -0.4 is 0 Å². The number of aromatic nitrogens is 4. The van der Waals surface area contributed by atoms with Gasteiger partial charge < -0.3 is 0 Å². The molecule has 0 fully saturated rings. The van der Waals surface area contributed by atoms with Crippen LogP contribution in [-0.4, -0.2) is 31.3 Å². The zero-order chi connectivity index (χ0) is 12.1. The van der Waals surface area contributed by atoms with Crippen LogP contribution in [-0.2, 0) is 23.2 Å². The number of carboxylic acid groups (broad SMARTS) is 1. The number of para-hydroxylation sites is 1. The van der Waals surface area contributed by atoms with E-state index in [4.69, 9.17) is 5.11 Å². The van der Waals surface area contributed by atoms with E-state index in [2.05, 4.69) is 15.5 Å². The zero-order valence-electron chi connectivity index (χ0n) is 8.45. The molecule has 1 N–H and O–H groups in total. The number of hydrogen-bond acceptors (Lipinski definition) is 5. The summed E-state index contributed by atoms with van der Waals surface area (Å²) in [4.78, 5) is 10.4. The third-order valence-corrected chi connectivity index (χ3v) is 4.76. The Bertz CT molecular complexity index is 505. The number of carboxylic acids is 1. The van der Waals surface area contributed by atoms with Gasteiger partial charge in [-0.3, -0.25) is 0 Å². The van der Waals surface area contributed by atoms with Crippen molar-refractivity contribution in [1.29, 1.82) is 0 Å². The molecule has 0 aliphatic heterocycles. The third-order valence-electron chi connectivity index (χ3n) is 1.67. The van der Waals surface area contributed by atoms with Crippen LogP contribution in [0.1, 0.15) is 0 Å². The minimum absolute atomic E-state index is 0.120. The first-order valence-electron chi connectivity index (χ1n) is 4.50. The molecule has 0 atom stereocenters. The van der Waals surface area contributed by atoms with Crippen LogP contribution in [0.5, 0.6) is 0 Å². The van der Waals surface area contributed by atoms with Gasteiger partial charge in [-0.05, 0) is 0 Å². The van der Waals surface area contributed by atoms with E-state index >= 15 is 0 Å². The number of carbonyl (C=O) groups is 1. The Labute approximate surface area is 109 Å². The SMILES string of the molecule is O=C(O)[CH2][Ag][S]c1nnnn1-c1ccccc1. The number of tetrazole rings is 1. The van der Waals surface area contributed by atoms with Crippen LogP contribution in [0.25, 0.3) is 5.69 Å². The van der Waals surface area contributed by atoms with E-state index in [1.807, 2.05) is 30.3 Å². The van der Waals surface area contributed by atoms with Gasteiger partial charge in [0.25, 0.3) is 0 Å². The molecular formula is C9H8AgN4O2S. The third kappa shape index (κ3) is 3.40. The van der Waals surface area contributed by atoms with Crippen LogP contribution in [0, 0.1) is 0 Å². The van der Waals surface area contributed by atoms with E-state index < -0.39 is 5.97 Å². The Morgan fingerprint density at radius 1 is 1.41 bits per heavy atom. The summed E-state index contributed by atoms with van der Waals surface area (Å²) in [5.41, 5.74) is 0.862. The van der Waals surface area contributed by atoms with E-state index in [0.29, 0.717) is 5.16 Å². The number of benzene rings is 1. The molecule has 2 aromatic rings. The van der Waals surface area contributed by atoms with Crippen molar-refractivity contribution in [1.82, 2.24) is 20.2 Å². The zero-order valence-corrected chi connectivity index (χ0v) is 10.7. The summed E-state index contributed by atoms with van der Waals surface area (Å²) < 4.78 is 1.72. The summed E-state index contributed by atoms with van der Waals surface area (Å²) in [6, 6.07) is 9.48. The molecule has 0 radical (unpaired) electrons. The topological polar surface area (TPSA) is 80.9 Å². The standard InChI is InChI=1S/C7H6N4S.C2H3O2.Ag/c12-7-8-9-10-11(7)6-4-2-1-3-5-6;1-2(3)4;/h1-5H,(H,8,10,12);1H2,(H,3,4);/q;;+1/p-1. The van der Waals surface area contributed by atoms with E-state index in [-0.39, 0.29) is 23.1 Å². The van der Waals surface area contributed by atoms with Gasteiger partial charge in [0.1, 0.15) is 0 Å². The van der Waals surface area contributed by atoms with Crippen molar-refractivity contribution in [3.63, 3.8) is 0 Å². The maximum atomic E-state index is 10.4. The van der Waals surface area contributed by atoms with Crippen LogP contribution in [0.15, 0.2) is 35.5 Å². The van der Waals surface area contributed by atoms with E-state index in [0.717, 1.165) is 5.69 Å². The fourth-order valence-corrected chi connectivity index (χ4v) is 3.51. The van der Waals surface area contributed by atoms with Gasteiger partial charge in [-0.15, -0.1) is 0 Å². The van der Waals surface area contributed by atoms with Crippen molar-refractivity contribution < 1.29 is 28.3 Å². The Morgan fingerprint density at radius 2 is 2.18 bits per heavy atom. The van der Waals surface area contributed by atoms with Gasteiger partial charge >= 0.3 is 110 Å². The Hall–Kier alpha value is -1.15. The van der Waals surface area contributed by atoms with Crippen molar-refractivity contribution >= 4 is 15.2 Å². The fourth-order valence-electron chi connectivity index (χ4n) is 1.05. The molecule has 6 nitrogen and oxygen atoms in total. The molecule has 0 aliphatic carbocycles. The summed E-state index contributed by atoms with van der Waals surface area (Å²) in [6.45, 7) is 0. The molecule has 17 heavy (non-hydrogen) atoms. The minimum atomic E-state index is -0.810. The second-order valence-electron chi connectivity index (χ2n) is 2.86. The van der Waals surface area contributed by atoms with Crippen LogP contribution in [0.2, 0.25) is 4.64 Å². The number of nitrogens with zero attached hydrogens (tertiary/aromatic N) is 4. The molecule has 0 unspecified atom stereocenters. The van der Waals surface area contributed by atoms with Crippen molar-refractivity contribution in [3.05, 3.63) is 30.3 Å². The first-order valence-corrected chi connectivity index (χ1v) is 8.02. The fraction of sp³-hybridized carbons (Fsp3) is 0.111. The first kappa shape index (κ1) is 12.3. The van der Waals surface area contributed by atoms with E-state index in [9.17, 15) is 4.79 Å². The van der Waals surface area contributed by atoms with Crippen molar-refractivity contribution in [2.75, 3.05) is 0 Å². The molecule has 0 aliphatic rings. The average molecular weight is 344 g/mol. The Balaban J connectivity index is 2.10. The summed E-state index contributed by atoms with van der Waals surface area (Å²) in [7, 11) is 1.35. The molecular weight excluding hydrogens is 336 g/mol. The summed E-state index contributed by atoms with van der Waals surface area (Å²) in [6.07, 6.45) is 0. The molecule has 1 aromatic carbocycles. The van der Waals surface area contributed by atoms with Crippen molar-refractivity contribution in [2.24, 2.45) is 0 Å². The molecule has 0 saturated carbocycles. The maximum absolute atomic E-state index is 10.4. The predicted octanol–water partition coefficient (Wildman–Crippen LogP) is 1.25. The van der Waals surface area contributed by atoms with Gasteiger partial charge in [-0.1, -0.05) is 0 Å². The molecule has 8 heteroatoms. The van der Waals surface area contributed by atoms with E-state index in [1.165, 1.54) is 9.23 Å². The summed E-state index contributed by atoms with van der Waals surface area (Å²) in [5, 5.41) is 20.5. The van der Waals surface area contributed by atoms with E-state index in [1.54, 1.807) is 4.68 Å². The molecule has 0 amide bonds. The predicted molar refractivity (Wildman–Crippen MR) is 57.5 cm³/mol. The van der Waals surface area contributed by atoms with Crippen LogP contribution in [0.4, 0.5) is 0 Å². The summed E-state index contributed by atoms with van der Waals surface area (Å²) in [5.74, 6) is -0.810. The molecule has 1 heterocycles. The number of hydrogen-bond donors (Lipinski definition) is 1. The first-order chi connectivity index (χ1) is 8.27. The summed E-state index contributed by atoms with van der Waals surface area (Å²) >= 11 is 0.182. The molecule has 1 aromatic heterocycles. The monoisotopic (exact) mass is 343 g/mol. The van der Waals surface area contributed by atoms with Crippen LogP contribution >= 0.6 is 9.23 Å².